The van der Waals surface area contributed by atoms with Crippen LogP contribution >= 0.6 is 12.2 Å². The zero-order valence-corrected chi connectivity index (χ0v) is 15.8. The molecule has 0 heterocycles. The smallest absolute Gasteiger partial charge is 0.171 e. The molecule has 0 atom stereocenters. The maximum atomic E-state index is 5.62. The van der Waals surface area contributed by atoms with Crippen molar-refractivity contribution in [2.24, 2.45) is 0 Å². The van der Waals surface area contributed by atoms with Crippen LogP contribution in [0.5, 0.6) is 5.75 Å². The van der Waals surface area contributed by atoms with Crippen molar-refractivity contribution >= 4 is 23.0 Å². The van der Waals surface area contributed by atoms with E-state index in [-0.39, 0.29) is 5.54 Å². The molecule has 1 aliphatic rings. The molecule has 4 heteroatoms. The summed E-state index contributed by atoms with van der Waals surface area (Å²) < 4.78 is 5.56. The van der Waals surface area contributed by atoms with Crippen LogP contribution in [0.4, 0.5) is 5.69 Å². The Kier molecular flexibility index (Phi) is 5.59. The summed E-state index contributed by atoms with van der Waals surface area (Å²) in [5.41, 5.74) is 3.50. The highest BCUT2D eigenvalue weighted by Gasteiger charge is 2.36. The zero-order valence-electron chi connectivity index (χ0n) is 15.0. The molecule has 0 spiro atoms. The van der Waals surface area contributed by atoms with Crippen molar-refractivity contribution < 1.29 is 4.74 Å². The molecule has 3 nitrogen and oxygen atoms in total. The van der Waals surface area contributed by atoms with Gasteiger partial charge in [0.25, 0.3) is 0 Å². The summed E-state index contributed by atoms with van der Waals surface area (Å²) in [4.78, 5) is 0. The van der Waals surface area contributed by atoms with E-state index in [9.17, 15) is 0 Å². The molecule has 0 aliphatic heterocycles. The lowest BCUT2D eigenvalue weighted by Gasteiger charge is -2.33. The second-order valence-electron chi connectivity index (χ2n) is 6.70. The predicted molar refractivity (Wildman–Crippen MR) is 108 cm³/mol. The van der Waals surface area contributed by atoms with Gasteiger partial charge in [0.2, 0.25) is 0 Å². The first-order valence-electron chi connectivity index (χ1n) is 9.00. The van der Waals surface area contributed by atoms with E-state index in [0.717, 1.165) is 24.3 Å². The Labute approximate surface area is 155 Å². The second kappa shape index (κ2) is 7.87. The third kappa shape index (κ3) is 4.31. The molecule has 1 aliphatic carbocycles. The van der Waals surface area contributed by atoms with Crippen LogP contribution in [-0.2, 0) is 5.54 Å². The van der Waals surface area contributed by atoms with Gasteiger partial charge in [0, 0.05) is 11.8 Å². The number of hydrogen-bond acceptors (Lipinski definition) is 2. The predicted octanol–water partition coefficient (Wildman–Crippen LogP) is 5.15. The van der Waals surface area contributed by atoms with Crippen LogP contribution in [0.15, 0.2) is 48.5 Å². The van der Waals surface area contributed by atoms with Crippen LogP contribution in [0, 0.1) is 6.92 Å². The summed E-state index contributed by atoms with van der Waals surface area (Å²) in [7, 11) is 0. The number of thiocarbonyl (C=S) groups is 1. The molecule has 0 unspecified atom stereocenters. The van der Waals surface area contributed by atoms with E-state index in [1.165, 1.54) is 24.0 Å². The zero-order chi connectivity index (χ0) is 17.7. The van der Waals surface area contributed by atoms with Crippen molar-refractivity contribution in [2.45, 2.75) is 45.1 Å². The van der Waals surface area contributed by atoms with E-state index in [1.54, 1.807) is 0 Å². The highest BCUT2D eigenvalue weighted by Crippen LogP contribution is 2.39. The number of anilines is 1. The molecule has 1 fully saturated rings. The molecule has 132 valence electrons. The van der Waals surface area contributed by atoms with Crippen molar-refractivity contribution in [3.8, 4) is 5.75 Å². The van der Waals surface area contributed by atoms with E-state index in [0.29, 0.717) is 11.7 Å². The lowest BCUT2D eigenvalue weighted by atomic mass is 9.87. The molecule has 3 rings (SSSR count). The fourth-order valence-corrected chi connectivity index (χ4v) is 3.93. The standard InChI is InChI=1S/C21H26N2OS/c1-3-24-19-11-7-10-18(15-19)22-20(25)23-21(12-4-5-13-21)17-9-6-8-16(2)14-17/h6-11,14-15H,3-5,12-13H2,1-2H3,(H2,22,23,25). The molecular formula is C21H26N2OS. The highest BCUT2D eigenvalue weighted by molar-refractivity contribution is 7.80. The SMILES string of the molecule is CCOc1cccc(NC(=S)NC2(c3cccc(C)c3)CCCC2)c1. The molecule has 0 aromatic heterocycles. The van der Waals surface area contributed by atoms with Crippen LogP contribution in [0.25, 0.3) is 0 Å². The van der Waals surface area contributed by atoms with Crippen molar-refractivity contribution in [1.29, 1.82) is 0 Å². The topological polar surface area (TPSA) is 33.3 Å². The van der Waals surface area contributed by atoms with Crippen molar-refractivity contribution in [3.05, 3.63) is 59.7 Å². The largest absolute Gasteiger partial charge is 0.494 e. The molecule has 0 bridgehead atoms. The minimum atomic E-state index is -0.0619. The number of benzene rings is 2. The number of aryl methyl sites for hydroxylation is 1. The van der Waals surface area contributed by atoms with Gasteiger partial charge in [0.15, 0.2) is 5.11 Å². The van der Waals surface area contributed by atoms with Crippen LogP contribution in [0.3, 0.4) is 0 Å². The lowest BCUT2D eigenvalue weighted by Crippen LogP contribution is -2.45. The molecule has 25 heavy (non-hydrogen) atoms. The van der Waals surface area contributed by atoms with Gasteiger partial charge in [-0.15, -0.1) is 0 Å². The molecule has 2 aromatic rings. The first-order chi connectivity index (χ1) is 12.1. The number of rotatable bonds is 5. The Morgan fingerprint density at radius 2 is 1.88 bits per heavy atom. The molecule has 0 amide bonds. The maximum absolute atomic E-state index is 5.62. The van der Waals surface area contributed by atoms with Gasteiger partial charge >= 0.3 is 0 Å². The Balaban J connectivity index is 1.74. The summed E-state index contributed by atoms with van der Waals surface area (Å²) in [5, 5.41) is 7.60. The minimum absolute atomic E-state index is 0.0619. The molecular weight excluding hydrogens is 328 g/mol. The van der Waals surface area contributed by atoms with Gasteiger partial charge in [-0.05, 0) is 56.6 Å². The third-order valence-corrected chi connectivity index (χ3v) is 4.99. The van der Waals surface area contributed by atoms with E-state index >= 15 is 0 Å². The van der Waals surface area contributed by atoms with Gasteiger partial charge in [-0.3, -0.25) is 0 Å². The molecule has 0 saturated heterocycles. The number of hydrogen-bond donors (Lipinski definition) is 2. The first kappa shape index (κ1) is 17.7. The summed E-state index contributed by atoms with van der Waals surface area (Å²) in [6.45, 7) is 4.78. The Morgan fingerprint density at radius 1 is 1.12 bits per heavy atom. The Hall–Kier alpha value is -2.07. The summed E-state index contributed by atoms with van der Waals surface area (Å²) >= 11 is 5.62. The second-order valence-corrected chi connectivity index (χ2v) is 7.11. The lowest BCUT2D eigenvalue weighted by molar-refractivity contribution is 0.340. The van der Waals surface area contributed by atoms with Gasteiger partial charge in [-0.25, -0.2) is 0 Å². The van der Waals surface area contributed by atoms with E-state index in [2.05, 4.69) is 41.8 Å². The number of ether oxygens (including phenoxy) is 1. The maximum Gasteiger partial charge on any atom is 0.171 e. The summed E-state index contributed by atoms with van der Waals surface area (Å²) in [6, 6.07) is 16.7. The van der Waals surface area contributed by atoms with Gasteiger partial charge in [-0.1, -0.05) is 48.7 Å². The van der Waals surface area contributed by atoms with Crippen LogP contribution < -0.4 is 15.4 Å². The van der Waals surface area contributed by atoms with Crippen LogP contribution in [0.1, 0.15) is 43.7 Å². The van der Waals surface area contributed by atoms with Gasteiger partial charge < -0.3 is 15.4 Å². The van der Waals surface area contributed by atoms with Gasteiger partial charge in [0.05, 0.1) is 12.1 Å². The average molecular weight is 355 g/mol. The van der Waals surface area contributed by atoms with Crippen molar-refractivity contribution in [1.82, 2.24) is 5.32 Å². The number of nitrogens with one attached hydrogen (secondary N) is 2. The quantitative estimate of drug-likeness (QED) is 0.728. The molecule has 0 radical (unpaired) electrons. The van der Waals surface area contributed by atoms with Crippen molar-refractivity contribution in [3.63, 3.8) is 0 Å². The van der Waals surface area contributed by atoms with Crippen LogP contribution in [-0.4, -0.2) is 11.7 Å². The molecule has 2 aromatic carbocycles. The van der Waals surface area contributed by atoms with E-state index in [1.807, 2.05) is 31.2 Å². The highest BCUT2D eigenvalue weighted by atomic mass is 32.1. The van der Waals surface area contributed by atoms with Gasteiger partial charge in [0.1, 0.15) is 5.75 Å². The van der Waals surface area contributed by atoms with Gasteiger partial charge in [-0.2, -0.15) is 0 Å². The average Bonchev–Trinajstić information content (AvgIpc) is 3.05. The molecule has 1 saturated carbocycles. The third-order valence-electron chi connectivity index (χ3n) is 4.78. The van der Waals surface area contributed by atoms with Crippen LogP contribution in [0.2, 0.25) is 0 Å². The fraction of sp³-hybridized carbons (Fsp3) is 0.381. The van der Waals surface area contributed by atoms with E-state index < -0.39 is 0 Å². The Morgan fingerprint density at radius 3 is 2.60 bits per heavy atom. The minimum Gasteiger partial charge on any atom is -0.494 e. The fourth-order valence-electron chi connectivity index (χ4n) is 3.62. The first-order valence-corrected chi connectivity index (χ1v) is 9.41. The van der Waals surface area contributed by atoms with Crippen molar-refractivity contribution in [2.75, 3.05) is 11.9 Å². The normalized spacial score (nSPS) is 15.6. The monoisotopic (exact) mass is 354 g/mol. The molecule has 2 N–H and O–H groups in total. The summed E-state index contributed by atoms with van der Waals surface area (Å²) in [6.07, 6.45) is 4.67. The summed E-state index contributed by atoms with van der Waals surface area (Å²) in [5.74, 6) is 0.851. The Bertz CT molecular complexity index is 738. The van der Waals surface area contributed by atoms with E-state index in [4.69, 9.17) is 17.0 Å².